The molecule has 2 unspecified atom stereocenters. The van der Waals surface area contributed by atoms with E-state index in [9.17, 15) is 34.4 Å². The topological polar surface area (TPSA) is 219 Å². The number of carbonyl (C=O) groups is 3. The van der Waals surface area contributed by atoms with Gasteiger partial charge in [-0.1, -0.05) is 18.2 Å². The van der Waals surface area contributed by atoms with Crippen LogP contribution in [0.4, 0.5) is 0 Å². The fraction of sp³-hybridized carbons (Fsp3) is 0.440. The van der Waals surface area contributed by atoms with Crippen LogP contribution < -0.4 is 14.9 Å². The second kappa shape index (κ2) is 12.0. The van der Waals surface area contributed by atoms with Crippen molar-refractivity contribution in [2.75, 3.05) is 6.61 Å². The Morgan fingerprint density at radius 1 is 1.29 bits per heavy atom. The van der Waals surface area contributed by atoms with E-state index in [4.69, 9.17) is 18.5 Å². The van der Waals surface area contributed by atoms with Gasteiger partial charge in [-0.2, -0.15) is 20.5 Å². The van der Waals surface area contributed by atoms with Gasteiger partial charge in [0.1, 0.15) is 41.9 Å². The lowest BCUT2D eigenvalue weighted by molar-refractivity contribution is -0.149. The molecule has 2 aliphatic rings. The zero-order valence-electron chi connectivity index (χ0n) is 22.2. The van der Waals surface area contributed by atoms with Crippen LogP contribution in [0.2, 0.25) is 0 Å². The van der Waals surface area contributed by atoms with Crippen molar-refractivity contribution in [3.8, 4) is 11.8 Å². The quantitative estimate of drug-likeness (QED) is 0.166. The number of nitrogens with zero attached hydrogens (tertiary/aromatic N) is 3. The molecule has 4 rings (SSSR count). The minimum Gasteiger partial charge on any atom is -0.462 e. The van der Waals surface area contributed by atoms with Gasteiger partial charge in [0.05, 0.1) is 30.9 Å². The molecule has 1 aromatic heterocycles. The molecule has 16 heteroatoms. The number of fused-ring (bicyclic) bond motifs is 1. The molecule has 2 aliphatic heterocycles. The van der Waals surface area contributed by atoms with E-state index in [1.165, 1.54) is 19.1 Å². The number of nitriles is 1. The van der Waals surface area contributed by atoms with Crippen molar-refractivity contribution < 1.29 is 47.7 Å². The number of para-hydroxylation sites is 1. The summed E-state index contributed by atoms with van der Waals surface area (Å²) in [4.78, 5) is 36.7. The summed E-state index contributed by atoms with van der Waals surface area (Å²) in [7, 11) is -4.38. The lowest BCUT2D eigenvalue weighted by atomic mass is 9.86. The van der Waals surface area contributed by atoms with Gasteiger partial charge in [-0.3, -0.25) is 24.2 Å². The summed E-state index contributed by atoms with van der Waals surface area (Å²) in [5.74, 6) is -2.06. The number of hydrogen-bond acceptors (Lipinski definition) is 13. The number of esters is 1. The molecule has 3 heterocycles. The molecule has 0 saturated carbocycles. The zero-order valence-corrected chi connectivity index (χ0v) is 23.1. The van der Waals surface area contributed by atoms with E-state index in [0.717, 1.165) is 6.20 Å². The van der Waals surface area contributed by atoms with E-state index in [0.29, 0.717) is 0 Å². The predicted octanol–water partition coefficient (Wildman–Crippen LogP) is 0.262. The third-order valence-corrected chi connectivity index (χ3v) is 7.84. The Morgan fingerprint density at radius 3 is 2.66 bits per heavy atom. The Morgan fingerprint density at radius 2 is 2.00 bits per heavy atom. The summed E-state index contributed by atoms with van der Waals surface area (Å²) in [6.07, 6.45) is -4.92. The summed E-state index contributed by atoms with van der Waals surface area (Å²) >= 11 is 0. The number of hydrogen-bond donors (Lipinski definition) is 4. The van der Waals surface area contributed by atoms with E-state index in [2.05, 4.69) is 20.6 Å². The maximum absolute atomic E-state index is 13.8. The van der Waals surface area contributed by atoms with Crippen molar-refractivity contribution in [1.82, 2.24) is 20.6 Å². The predicted molar refractivity (Wildman–Crippen MR) is 137 cm³/mol. The smallest absolute Gasteiger partial charge is 0.459 e. The van der Waals surface area contributed by atoms with Gasteiger partial charge >= 0.3 is 13.7 Å². The Balaban J connectivity index is 1.59. The average molecular weight is 589 g/mol. The normalized spacial score (nSPS) is 25.9. The van der Waals surface area contributed by atoms with Crippen LogP contribution in [-0.4, -0.2) is 75.3 Å². The lowest BCUT2D eigenvalue weighted by Gasteiger charge is -2.27. The molecule has 15 nitrogen and oxygen atoms in total. The van der Waals surface area contributed by atoms with Crippen LogP contribution >= 0.6 is 7.75 Å². The van der Waals surface area contributed by atoms with Gasteiger partial charge in [-0.25, -0.2) is 4.57 Å². The molecule has 2 aromatic rings. The number of nitrogens with one attached hydrogen (secondary N) is 2. The van der Waals surface area contributed by atoms with E-state index in [1.807, 2.05) is 0 Å². The van der Waals surface area contributed by atoms with Crippen LogP contribution in [0.3, 0.4) is 0 Å². The molecule has 2 amide bonds. The molecule has 218 valence electrons. The first-order valence-electron chi connectivity index (χ1n) is 12.5. The maximum Gasteiger partial charge on any atom is 0.459 e. The van der Waals surface area contributed by atoms with Crippen LogP contribution in [0, 0.1) is 11.3 Å². The SMILES string of the molecule is CC(C)OC(=O)C(C)NP(=O)(OC[C@H]1O[C@@](C#N)(c2nncc3c2CC(=O)NC3=O)[C@H](O)[C@@H]1O)Oc1ccccc1. The number of ether oxygens (including phenoxy) is 2. The molecule has 0 aliphatic carbocycles. The number of amides is 2. The molecular weight excluding hydrogens is 561 g/mol. The monoisotopic (exact) mass is 589 g/mol. The van der Waals surface area contributed by atoms with Crippen molar-refractivity contribution in [3.63, 3.8) is 0 Å². The first-order chi connectivity index (χ1) is 19.4. The highest BCUT2D eigenvalue weighted by molar-refractivity contribution is 7.52. The Hall–Kier alpha value is -3.77. The maximum atomic E-state index is 13.8. The van der Waals surface area contributed by atoms with Crippen LogP contribution in [0.25, 0.3) is 0 Å². The first kappa shape index (κ1) is 30.2. The number of benzene rings is 1. The van der Waals surface area contributed by atoms with Crippen molar-refractivity contribution in [2.24, 2.45) is 0 Å². The van der Waals surface area contributed by atoms with Crippen LogP contribution in [-0.2, 0) is 40.2 Å². The Kier molecular flexibility index (Phi) is 8.83. The summed E-state index contributed by atoms with van der Waals surface area (Å²) in [5, 5.41) is 44.0. The van der Waals surface area contributed by atoms with Gasteiger partial charge in [0.15, 0.2) is 0 Å². The van der Waals surface area contributed by atoms with E-state index >= 15 is 0 Å². The second-order valence-electron chi connectivity index (χ2n) is 9.61. The van der Waals surface area contributed by atoms with Crippen molar-refractivity contribution in [1.29, 1.82) is 5.26 Å². The van der Waals surface area contributed by atoms with Gasteiger partial charge in [-0.15, -0.1) is 0 Å². The van der Waals surface area contributed by atoms with Crippen molar-refractivity contribution in [3.05, 3.63) is 53.3 Å². The molecule has 1 aromatic carbocycles. The van der Waals surface area contributed by atoms with Crippen molar-refractivity contribution in [2.45, 2.75) is 63.3 Å². The van der Waals surface area contributed by atoms with Gasteiger partial charge < -0.3 is 24.2 Å². The third kappa shape index (κ3) is 6.28. The van der Waals surface area contributed by atoms with Crippen LogP contribution in [0.1, 0.15) is 42.4 Å². The Bertz CT molecular complexity index is 1420. The minimum atomic E-state index is -4.38. The number of aliphatic hydroxyl groups is 2. The fourth-order valence-corrected chi connectivity index (χ4v) is 5.79. The average Bonchev–Trinajstić information content (AvgIpc) is 3.17. The molecule has 0 radical (unpaired) electrons. The van der Waals surface area contributed by atoms with E-state index in [-0.39, 0.29) is 29.0 Å². The van der Waals surface area contributed by atoms with E-state index in [1.54, 1.807) is 38.1 Å². The highest BCUT2D eigenvalue weighted by Gasteiger charge is 2.59. The number of carbonyl (C=O) groups excluding carboxylic acids is 3. The van der Waals surface area contributed by atoms with Crippen LogP contribution in [0.5, 0.6) is 5.75 Å². The van der Waals surface area contributed by atoms with E-state index < -0.39 is 68.2 Å². The van der Waals surface area contributed by atoms with Gasteiger partial charge in [0.2, 0.25) is 11.5 Å². The standard InChI is InChI=1S/C25H28N5O10P/c1-13(2)38-24(35)14(3)30-41(36,40-15-7-5-4-6-8-15)37-11-18-20(32)22(33)25(12-26,39-18)21-16-9-19(31)28-23(34)17(16)10-27-29-21/h4-8,10,13-14,18,20,22,32-33H,9,11H2,1-3H3,(H,30,36)(H,28,31,34)/t14?,18-,20-,22-,25+,41?/m1/s1. The summed E-state index contributed by atoms with van der Waals surface area (Å²) in [5.41, 5.74) is -2.75. The summed E-state index contributed by atoms with van der Waals surface area (Å²) < 4.78 is 35.8. The van der Waals surface area contributed by atoms with Gasteiger partial charge in [0, 0.05) is 5.56 Å². The zero-order chi connectivity index (χ0) is 29.9. The van der Waals surface area contributed by atoms with Gasteiger partial charge in [-0.05, 0) is 32.9 Å². The number of aromatic nitrogens is 2. The minimum absolute atomic E-state index is 0.000331. The molecule has 0 bridgehead atoms. The lowest BCUT2D eigenvalue weighted by Crippen LogP contribution is -2.44. The first-order valence-corrected chi connectivity index (χ1v) is 14.1. The molecule has 6 atom stereocenters. The second-order valence-corrected chi connectivity index (χ2v) is 11.3. The number of aliphatic hydroxyl groups excluding tert-OH is 2. The highest BCUT2D eigenvalue weighted by atomic mass is 31.2. The molecular formula is C25H28N5O10P. The molecule has 1 saturated heterocycles. The summed E-state index contributed by atoms with van der Waals surface area (Å²) in [6.45, 7) is 3.97. The Labute approximate surface area is 234 Å². The molecule has 4 N–H and O–H groups in total. The number of imide groups is 1. The molecule has 0 spiro atoms. The molecule has 1 fully saturated rings. The van der Waals surface area contributed by atoms with Crippen molar-refractivity contribution >= 4 is 25.5 Å². The molecule has 41 heavy (non-hydrogen) atoms. The fourth-order valence-electron chi connectivity index (χ4n) is 4.28. The van der Waals surface area contributed by atoms with Crippen LogP contribution in [0.15, 0.2) is 36.5 Å². The largest absolute Gasteiger partial charge is 0.462 e. The summed E-state index contributed by atoms with van der Waals surface area (Å²) in [6, 6.07) is 8.54. The third-order valence-electron chi connectivity index (χ3n) is 6.20. The highest BCUT2D eigenvalue weighted by Crippen LogP contribution is 2.47. The van der Waals surface area contributed by atoms with Gasteiger partial charge in [0.25, 0.3) is 5.91 Å². The number of rotatable bonds is 10.